The first-order chi connectivity index (χ1) is 14.9. The monoisotopic (exact) mass is 496 g/mol. The Balaban J connectivity index is 0.000000329. The molecule has 2 aromatic heterocycles. The van der Waals surface area contributed by atoms with E-state index in [2.05, 4.69) is 9.97 Å². The van der Waals surface area contributed by atoms with Gasteiger partial charge in [0, 0.05) is 34.6 Å². The average Bonchev–Trinajstić information content (AvgIpc) is 3.20. The van der Waals surface area contributed by atoms with Gasteiger partial charge in [-0.3, -0.25) is 24.2 Å². The van der Waals surface area contributed by atoms with Crippen molar-refractivity contribution in [3.63, 3.8) is 0 Å². The van der Waals surface area contributed by atoms with Gasteiger partial charge in [-0.1, -0.05) is 12.1 Å². The Labute approximate surface area is 229 Å². The molecule has 0 radical (unpaired) electrons. The van der Waals surface area contributed by atoms with Crippen molar-refractivity contribution in [1.29, 1.82) is 0 Å². The molecule has 0 N–H and O–H groups in total. The Morgan fingerprint density at radius 1 is 0.941 bits per heavy atom. The van der Waals surface area contributed by atoms with Crippen LogP contribution in [-0.2, 0) is 25.5 Å². The molecular formula is C24H30ClN4NaO4. The normalized spacial score (nSPS) is 16.5. The van der Waals surface area contributed by atoms with Crippen molar-refractivity contribution in [3.8, 4) is 0 Å². The number of aromatic nitrogens is 2. The topological polar surface area (TPSA) is 92.7 Å². The zero-order valence-electron chi connectivity index (χ0n) is 21.0. The Kier molecular flexibility index (Phi) is 9.86. The van der Waals surface area contributed by atoms with Crippen LogP contribution in [0.25, 0.3) is 0 Å². The molecule has 2 aromatic rings. The number of ether oxygens (including phenoxy) is 1. The van der Waals surface area contributed by atoms with E-state index in [1.807, 2.05) is 53.7 Å². The number of nitrogens with zero attached hydrogens (tertiary/aromatic N) is 4. The number of hydrogen-bond acceptors (Lipinski definition) is 6. The van der Waals surface area contributed by atoms with E-state index in [4.69, 9.17) is 4.74 Å². The van der Waals surface area contributed by atoms with Crippen LogP contribution >= 0.6 is 0 Å². The van der Waals surface area contributed by atoms with Gasteiger partial charge < -0.3 is 17.1 Å². The number of fused-ring (bicyclic) bond motifs is 2. The fourth-order valence-corrected chi connectivity index (χ4v) is 4.00. The number of rotatable bonds is 1. The van der Waals surface area contributed by atoms with Gasteiger partial charge in [0.15, 0.2) is 5.92 Å². The number of hydrogen-bond donors (Lipinski definition) is 0. The summed E-state index contributed by atoms with van der Waals surface area (Å²) in [6, 6.07) is 7.30. The van der Waals surface area contributed by atoms with E-state index in [-0.39, 0.29) is 59.3 Å². The molecule has 0 saturated carbocycles. The van der Waals surface area contributed by atoms with Gasteiger partial charge in [-0.05, 0) is 53.7 Å². The predicted molar refractivity (Wildman–Crippen MR) is 121 cm³/mol. The molecule has 4 heterocycles. The smallest absolute Gasteiger partial charge is 1.00 e. The zero-order valence-corrected chi connectivity index (χ0v) is 23.8. The van der Waals surface area contributed by atoms with E-state index in [0.29, 0.717) is 17.8 Å². The molecule has 8 nitrogen and oxygen atoms in total. The number of anilines is 2. The molecule has 4 rings (SSSR count). The minimum atomic E-state index is -0.891. The minimum Gasteiger partial charge on any atom is -1.00 e. The van der Waals surface area contributed by atoms with Crippen LogP contribution in [0, 0.1) is 0 Å². The fraction of sp³-hybridized carbons (Fsp3) is 0.458. The second-order valence-corrected chi connectivity index (χ2v) is 9.78. The molecular weight excluding hydrogens is 467 g/mol. The van der Waals surface area contributed by atoms with Gasteiger partial charge in [-0.25, -0.2) is 9.97 Å². The van der Waals surface area contributed by atoms with Crippen LogP contribution in [0.15, 0.2) is 36.7 Å². The summed E-state index contributed by atoms with van der Waals surface area (Å²) in [7, 11) is 1.28. The van der Waals surface area contributed by atoms with Gasteiger partial charge in [0.2, 0.25) is 11.8 Å². The van der Waals surface area contributed by atoms with Crippen LogP contribution < -0.4 is 51.8 Å². The standard InChI is InChI=1S/C13H16N2O3.C11H14N2O.ClH.Na/c1-13(2,3)15-10-8(6-5-7-14-10)9(11(15)16)12(17)18-4;1-11(2,3)13-9(14)7-8-5-4-6-12-10(8)13;;/h5-7,9H,1-4H3;4-6H,7H2,1-3H3;1H;/q;;;+1/p-1. The maximum absolute atomic E-state index is 12.4. The summed E-state index contributed by atoms with van der Waals surface area (Å²) < 4.78 is 4.71. The van der Waals surface area contributed by atoms with Crippen molar-refractivity contribution >= 4 is 29.4 Å². The fourth-order valence-electron chi connectivity index (χ4n) is 4.00. The third-order valence-electron chi connectivity index (χ3n) is 5.26. The summed E-state index contributed by atoms with van der Waals surface area (Å²) in [6.07, 6.45) is 3.83. The van der Waals surface area contributed by atoms with Crippen LogP contribution in [0.5, 0.6) is 0 Å². The number of methoxy groups -OCH3 is 1. The molecule has 0 aliphatic carbocycles. The van der Waals surface area contributed by atoms with Crippen molar-refractivity contribution in [1.82, 2.24) is 9.97 Å². The summed E-state index contributed by atoms with van der Waals surface area (Å²) in [5.74, 6) is -0.191. The molecule has 1 unspecified atom stereocenters. The van der Waals surface area contributed by atoms with Crippen LogP contribution in [0.3, 0.4) is 0 Å². The second kappa shape index (κ2) is 11.2. The van der Waals surface area contributed by atoms with Crippen LogP contribution in [0.1, 0.15) is 58.6 Å². The second-order valence-electron chi connectivity index (χ2n) is 9.78. The molecule has 34 heavy (non-hydrogen) atoms. The zero-order chi connectivity index (χ0) is 23.8. The van der Waals surface area contributed by atoms with Crippen molar-refractivity contribution in [2.75, 3.05) is 16.9 Å². The molecule has 10 heteroatoms. The first-order valence-corrected chi connectivity index (χ1v) is 10.5. The summed E-state index contributed by atoms with van der Waals surface area (Å²) in [5.41, 5.74) is 1.04. The van der Waals surface area contributed by atoms with E-state index in [1.165, 1.54) is 7.11 Å². The Bertz CT molecular complexity index is 1070. The number of carbonyl (C=O) groups is 3. The number of amides is 2. The Morgan fingerprint density at radius 3 is 2.00 bits per heavy atom. The molecule has 0 saturated heterocycles. The third kappa shape index (κ3) is 5.79. The van der Waals surface area contributed by atoms with Crippen LogP contribution in [0.4, 0.5) is 11.6 Å². The molecule has 0 aromatic carbocycles. The quantitative estimate of drug-likeness (QED) is 0.242. The molecule has 2 aliphatic rings. The van der Waals surface area contributed by atoms with Crippen LogP contribution in [0.2, 0.25) is 0 Å². The van der Waals surface area contributed by atoms with Crippen molar-refractivity contribution in [2.45, 2.75) is 65.0 Å². The van der Waals surface area contributed by atoms with Gasteiger partial charge in [0.05, 0.1) is 13.5 Å². The van der Waals surface area contributed by atoms with E-state index in [9.17, 15) is 14.4 Å². The number of halogens is 1. The first-order valence-electron chi connectivity index (χ1n) is 10.5. The third-order valence-corrected chi connectivity index (χ3v) is 5.26. The van der Waals surface area contributed by atoms with Crippen molar-refractivity contribution < 1.29 is 61.1 Å². The molecule has 1 atom stereocenters. The maximum atomic E-state index is 12.4. The van der Waals surface area contributed by atoms with Gasteiger partial charge in [0.25, 0.3) is 0 Å². The first kappa shape index (κ1) is 30.0. The minimum absolute atomic E-state index is 0. The number of carbonyl (C=O) groups excluding carboxylic acids is 3. The van der Waals surface area contributed by atoms with Gasteiger partial charge in [0.1, 0.15) is 11.6 Å². The summed E-state index contributed by atoms with van der Waals surface area (Å²) >= 11 is 0. The van der Waals surface area contributed by atoms with Crippen molar-refractivity contribution in [3.05, 3.63) is 47.8 Å². The van der Waals surface area contributed by atoms with Gasteiger partial charge in [-0.2, -0.15) is 0 Å². The Morgan fingerprint density at radius 2 is 1.47 bits per heavy atom. The van der Waals surface area contributed by atoms with Crippen molar-refractivity contribution in [2.24, 2.45) is 0 Å². The van der Waals surface area contributed by atoms with Gasteiger partial charge in [-0.15, -0.1) is 0 Å². The molecule has 0 bridgehead atoms. The Hall–Kier alpha value is -2.00. The summed E-state index contributed by atoms with van der Waals surface area (Å²) in [5, 5.41) is 0. The van der Waals surface area contributed by atoms with E-state index < -0.39 is 17.4 Å². The largest absolute Gasteiger partial charge is 1.00 e. The average molecular weight is 497 g/mol. The molecule has 0 fully saturated rings. The summed E-state index contributed by atoms with van der Waals surface area (Å²) in [4.78, 5) is 47.7. The summed E-state index contributed by atoms with van der Waals surface area (Å²) in [6.45, 7) is 11.8. The van der Waals surface area contributed by atoms with E-state index in [0.717, 1.165) is 11.4 Å². The SMILES string of the molecule is CC(C)(C)N1C(=O)Cc2cccnc21.COC(=O)C1C(=O)N(C(C)(C)C)c2ncccc21.[Cl-].[Na+]. The predicted octanol–water partition coefficient (Wildman–Crippen LogP) is -2.74. The van der Waals surface area contributed by atoms with E-state index >= 15 is 0 Å². The number of esters is 1. The maximum Gasteiger partial charge on any atom is 1.00 e. The van der Waals surface area contributed by atoms with Crippen LogP contribution in [-0.4, -0.2) is 45.9 Å². The van der Waals surface area contributed by atoms with Gasteiger partial charge >= 0.3 is 35.5 Å². The number of pyridine rings is 2. The molecule has 0 spiro atoms. The van der Waals surface area contributed by atoms with E-state index in [1.54, 1.807) is 34.3 Å². The molecule has 178 valence electrons. The molecule has 2 amide bonds. The molecule has 2 aliphatic heterocycles.